The number of nitro benzene ring substituents is 1. The van der Waals surface area contributed by atoms with Crippen molar-refractivity contribution >= 4 is 28.4 Å². The second-order valence-corrected chi connectivity index (χ2v) is 7.89. The van der Waals surface area contributed by atoms with E-state index < -0.39 is 4.92 Å². The van der Waals surface area contributed by atoms with Gasteiger partial charge in [-0.3, -0.25) is 15.5 Å². The molecule has 4 rings (SSSR count). The highest BCUT2D eigenvalue weighted by atomic mass is 32.1. The average Bonchev–Trinajstić information content (AvgIpc) is 3.27. The number of nitrogens with one attached hydrogen (secondary N) is 1. The van der Waals surface area contributed by atoms with Crippen LogP contribution in [0.5, 0.6) is 5.75 Å². The zero-order valence-corrected chi connectivity index (χ0v) is 18.1. The van der Waals surface area contributed by atoms with Gasteiger partial charge in [-0.2, -0.15) is 5.10 Å². The van der Waals surface area contributed by atoms with E-state index in [2.05, 4.69) is 34.6 Å². The van der Waals surface area contributed by atoms with Gasteiger partial charge in [0, 0.05) is 28.6 Å². The van der Waals surface area contributed by atoms with Crippen LogP contribution in [0.25, 0.3) is 11.3 Å². The highest BCUT2D eigenvalue weighted by Gasteiger charge is 2.08. The van der Waals surface area contributed by atoms with E-state index >= 15 is 0 Å². The lowest BCUT2D eigenvalue weighted by Gasteiger charge is -2.09. The average molecular weight is 445 g/mol. The fraction of sp³-hybridized carbons (Fsp3) is 0.0833. The lowest BCUT2D eigenvalue weighted by Crippen LogP contribution is -1.99. The molecule has 3 aromatic carbocycles. The van der Waals surface area contributed by atoms with Crippen molar-refractivity contribution in [1.29, 1.82) is 0 Å². The SMILES string of the molecule is Cc1cccc(COc2ccccc2/C=N/Nc2nc(-c3ccc([N+](=O)[O-])cc3)cs2)c1. The van der Waals surface area contributed by atoms with Crippen LogP contribution >= 0.6 is 11.3 Å². The third-order valence-corrected chi connectivity index (χ3v) is 5.38. The van der Waals surface area contributed by atoms with E-state index in [0.717, 1.165) is 28.1 Å². The van der Waals surface area contributed by atoms with Gasteiger partial charge in [0.25, 0.3) is 5.69 Å². The Bertz CT molecular complexity index is 1250. The number of ether oxygens (including phenoxy) is 1. The molecule has 0 fully saturated rings. The Kier molecular flexibility index (Phi) is 6.52. The summed E-state index contributed by atoms with van der Waals surface area (Å²) in [5.41, 5.74) is 7.67. The normalized spacial score (nSPS) is 10.9. The molecule has 0 spiro atoms. The molecule has 8 heteroatoms. The lowest BCUT2D eigenvalue weighted by molar-refractivity contribution is -0.384. The highest BCUT2D eigenvalue weighted by Crippen LogP contribution is 2.26. The first-order valence-electron chi connectivity index (χ1n) is 9.85. The number of non-ortho nitro benzene ring substituents is 1. The van der Waals surface area contributed by atoms with Crippen molar-refractivity contribution in [2.75, 3.05) is 5.43 Å². The Hall–Kier alpha value is -4.04. The Morgan fingerprint density at radius 2 is 1.94 bits per heavy atom. The number of aromatic nitrogens is 1. The molecule has 1 heterocycles. The van der Waals surface area contributed by atoms with Gasteiger partial charge in [-0.05, 0) is 36.8 Å². The highest BCUT2D eigenvalue weighted by molar-refractivity contribution is 7.14. The van der Waals surface area contributed by atoms with Crippen molar-refractivity contribution in [3.8, 4) is 17.0 Å². The number of hydrogen-bond donors (Lipinski definition) is 1. The first kappa shape index (κ1) is 21.2. The summed E-state index contributed by atoms with van der Waals surface area (Å²) in [6.07, 6.45) is 1.69. The topological polar surface area (TPSA) is 89.7 Å². The summed E-state index contributed by atoms with van der Waals surface area (Å²) < 4.78 is 5.99. The molecule has 0 saturated carbocycles. The Balaban J connectivity index is 1.40. The minimum absolute atomic E-state index is 0.0511. The molecule has 0 amide bonds. The predicted octanol–water partition coefficient (Wildman–Crippen LogP) is 6.05. The number of thiazole rings is 1. The summed E-state index contributed by atoms with van der Waals surface area (Å²) >= 11 is 1.40. The summed E-state index contributed by atoms with van der Waals surface area (Å²) in [7, 11) is 0. The largest absolute Gasteiger partial charge is 0.488 e. The number of anilines is 1. The quantitative estimate of drug-likeness (QED) is 0.203. The third-order valence-electron chi connectivity index (χ3n) is 4.64. The van der Waals surface area contributed by atoms with Crippen LogP contribution in [0.15, 0.2) is 83.3 Å². The number of benzene rings is 3. The van der Waals surface area contributed by atoms with Crippen LogP contribution < -0.4 is 10.2 Å². The van der Waals surface area contributed by atoms with Gasteiger partial charge >= 0.3 is 0 Å². The molecule has 160 valence electrons. The lowest BCUT2D eigenvalue weighted by atomic mass is 10.1. The Labute approximate surface area is 189 Å². The van der Waals surface area contributed by atoms with Gasteiger partial charge < -0.3 is 4.74 Å². The summed E-state index contributed by atoms with van der Waals surface area (Å²) in [5.74, 6) is 0.741. The first-order chi connectivity index (χ1) is 15.6. The van der Waals surface area contributed by atoms with E-state index in [4.69, 9.17) is 4.74 Å². The molecular weight excluding hydrogens is 424 g/mol. The smallest absolute Gasteiger partial charge is 0.269 e. The maximum absolute atomic E-state index is 10.8. The van der Waals surface area contributed by atoms with Gasteiger partial charge in [0.15, 0.2) is 0 Å². The van der Waals surface area contributed by atoms with E-state index in [1.807, 2.05) is 41.8 Å². The van der Waals surface area contributed by atoms with Crippen molar-refractivity contribution in [3.63, 3.8) is 0 Å². The maximum atomic E-state index is 10.8. The number of aryl methyl sites for hydroxylation is 1. The van der Waals surface area contributed by atoms with Crippen molar-refractivity contribution in [3.05, 3.63) is 105 Å². The molecule has 0 aliphatic rings. The maximum Gasteiger partial charge on any atom is 0.269 e. The van der Waals surface area contributed by atoms with Gasteiger partial charge in [-0.1, -0.05) is 42.0 Å². The minimum Gasteiger partial charge on any atom is -0.488 e. The predicted molar refractivity (Wildman–Crippen MR) is 127 cm³/mol. The van der Waals surface area contributed by atoms with E-state index in [0.29, 0.717) is 11.7 Å². The molecule has 0 aliphatic carbocycles. The fourth-order valence-electron chi connectivity index (χ4n) is 3.05. The van der Waals surface area contributed by atoms with E-state index in [1.54, 1.807) is 18.3 Å². The zero-order chi connectivity index (χ0) is 22.3. The second kappa shape index (κ2) is 9.84. The number of hydrazone groups is 1. The Morgan fingerprint density at radius 3 is 2.72 bits per heavy atom. The van der Waals surface area contributed by atoms with Crippen molar-refractivity contribution in [2.45, 2.75) is 13.5 Å². The van der Waals surface area contributed by atoms with Crippen molar-refractivity contribution in [2.24, 2.45) is 5.10 Å². The zero-order valence-electron chi connectivity index (χ0n) is 17.3. The standard InChI is InChI=1S/C24H20N4O3S/c1-17-5-4-6-18(13-17)15-31-23-8-3-2-7-20(23)14-25-27-24-26-22(16-32-24)19-9-11-21(12-10-19)28(29)30/h2-14,16H,15H2,1H3,(H,26,27)/b25-14+. The summed E-state index contributed by atoms with van der Waals surface area (Å²) in [6.45, 7) is 2.53. The van der Waals surface area contributed by atoms with Crippen LogP contribution in [0.3, 0.4) is 0 Å². The van der Waals surface area contributed by atoms with Crippen LogP contribution in [0.4, 0.5) is 10.8 Å². The van der Waals surface area contributed by atoms with Crippen molar-refractivity contribution in [1.82, 2.24) is 4.98 Å². The summed E-state index contributed by atoms with van der Waals surface area (Å²) in [4.78, 5) is 14.9. The van der Waals surface area contributed by atoms with Gasteiger partial charge in [0.05, 0.1) is 16.8 Å². The first-order valence-corrected chi connectivity index (χ1v) is 10.7. The van der Waals surface area contributed by atoms with Gasteiger partial charge in [0.2, 0.25) is 5.13 Å². The minimum atomic E-state index is -0.422. The van der Waals surface area contributed by atoms with E-state index in [-0.39, 0.29) is 5.69 Å². The van der Waals surface area contributed by atoms with E-state index in [1.165, 1.54) is 29.0 Å². The molecule has 0 radical (unpaired) electrons. The molecule has 0 atom stereocenters. The number of hydrogen-bond acceptors (Lipinski definition) is 7. The van der Waals surface area contributed by atoms with Crippen LogP contribution in [0.2, 0.25) is 0 Å². The van der Waals surface area contributed by atoms with Crippen LogP contribution in [-0.2, 0) is 6.61 Å². The van der Waals surface area contributed by atoms with Gasteiger partial charge in [0.1, 0.15) is 12.4 Å². The molecule has 0 saturated heterocycles. The molecule has 0 bridgehead atoms. The molecule has 4 aromatic rings. The number of para-hydroxylation sites is 1. The molecule has 0 aliphatic heterocycles. The number of nitrogens with zero attached hydrogens (tertiary/aromatic N) is 3. The third kappa shape index (κ3) is 5.35. The monoisotopic (exact) mass is 444 g/mol. The molecule has 32 heavy (non-hydrogen) atoms. The van der Waals surface area contributed by atoms with Crippen LogP contribution in [0, 0.1) is 17.0 Å². The van der Waals surface area contributed by atoms with Crippen molar-refractivity contribution < 1.29 is 9.66 Å². The molecule has 0 unspecified atom stereocenters. The van der Waals surface area contributed by atoms with Crippen LogP contribution in [0.1, 0.15) is 16.7 Å². The fourth-order valence-corrected chi connectivity index (χ4v) is 3.72. The molecule has 7 nitrogen and oxygen atoms in total. The number of nitro groups is 1. The Morgan fingerprint density at radius 1 is 1.12 bits per heavy atom. The van der Waals surface area contributed by atoms with E-state index in [9.17, 15) is 10.1 Å². The van der Waals surface area contributed by atoms with Gasteiger partial charge in [-0.25, -0.2) is 4.98 Å². The molecule has 1 N–H and O–H groups in total. The second-order valence-electron chi connectivity index (χ2n) is 7.03. The van der Waals surface area contributed by atoms with Crippen LogP contribution in [-0.4, -0.2) is 16.1 Å². The van der Waals surface area contributed by atoms with Gasteiger partial charge in [-0.15, -0.1) is 11.3 Å². The molecular formula is C24H20N4O3S. The molecule has 1 aromatic heterocycles. The summed E-state index contributed by atoms with van der Waals surface area (Å²) in [6, 6.07) is 22.2. The number of rotatable bonds is 8. The summed E-state index contributed by atoms with van der Waals surface area (Å²) in [5, 5.41) is 17.6.